The molecule has 0 bridgehead atoms. The summed E-state index contributed by atoms with van der Waals surface area (Å²) in [6.07, 6.45) is 5.04. The van der Waals surface area contributed by atoms with Gasteiger partial charge in [0.15, 0.2) is 0 Å². The molecule has 1 aliphatic rings. The van der Waals surface area contributed by atoms with E-state index in [-0.39, 0.29) is 33.2 Å². The van der Waals surface area contributed by atoms with Gasteiger partial charge in [0.1, 0.15) is 22.4 Å². The van der Waals surface area contributed by atoms with Crippen LogP contribution in [0.3, 0.4) is 0 Å². The Labute approximate surface area is 225 Å². The largest absolute Gasteiger partial charge is 0.512 e. The van der Waals surface area contributed by atoms with Gasteiger partial charge < -0.3 is 10.8 Å². The van der Waals surface area contributed by atoms with Crippen molar-refractivity contribution in [1.82, 2.24) is 9.38 Å². The highest BCUT2D eigenvalue weighted by molar-refractivity contribution is 6.30. The van der Waals surface area contributed by atoms with Crippen LogP contribution in [-0.4, -0.2) is 14.5 Å². The van der Waals surface area contributed by atoms with Crippen molar-refractivity contribution < 1.29 is 5.11 Å². The third-order valence-corrected chi connectivity index (χ3v) is 8.78. The summed E-state index contributed by atoms with van der Waals surface area (Å²) in [5.74, 6) is 2.06. The first kappa shape index (κ1) is 27.5. The molecule has 6 heteroatoms. The lowest BCUT2D eigenvalue weighted by Gasteiger charge is -2.51. The number of nitrogens with two attached hydrogens (primary N) is 1. The Morgan fingerprint density at radius 3 is 2.11 bits per heavy atom. The number of fused-ring (bicyclic) bond motifs is 1. The molecule has 4 rings (SSSR count). The average molecular weight is 524 g/mol. The molecule has 5 nitrogen and oxygen atoms in total. The van der Waals surface area contributed by atoms with E-state index < -0.39 is 0 Å². The maximum absolute atomic E-state index is 13.5. The maximum atomic E-state index is 13.5. The van der Waals surface area contributed by atoms with Gasteiger partial charge in [-0.1, -0.05) is 72.2 Å². The van der Waals surface area contributed by atoms with Crippen LogP contribution in [0.1, 0.15) is 73.8 Å². The van der Waals surface area contributed by atoms with E-state index in [1.807, 2.05) is 30.5 Å². The van der Waals surface area contributed by atoms with Gasteiger partial charge in [0.2, 0.25) is 0 Å². The van der Waals surface area contributed by atoms with Crippen LogP contribution in [0.5, 0.6) is 0 Å². The molecule has 2 heterocycles. The standard InChI is InChI=1S/C31H42ClN3O2/c1-17-13-24(30(3,4)5)22(25(14-17)31(6,7)8)15-21-23(19-9-11-20(32)12-10-19)16-35-28(21)34-27(33)26(18(2)36)29(35)37/h9-12,16-17,22,24-25,36H,13-15H2,1-8H3,(H2,33,34). The van der Waals surface area contributed by atoms with Gasteiger partial charge in [-0.15, -0.1) is 0 Å². The number of benzene rings is 1. The monoisotopic (exact) mass is 523 g/mol. The summed E-state index contributed by atoms with van der Waals surface area (Å²) in [6.45, 7) is 18.0. The van der Waals surface area contributed by atoms with E-state index in [1.54, 1.807) is 4.40 Å². The number of hydrogen-bond donors (Lipinski definition) is 2. The Bertz CT molecular complexity index is 1380. The van der Waals surface area contributed by atoms with Crippen molar-refractivity contribution in [3.63, 3.8) is 0 Å². The summed E-state index contributed by atoms with van der Waals surface area (Å²) >= 11 is 6.21. The number of rotatable bonds is 3. The van der Waals surface area contributed by atoms with E-state index in [0.29, 0.717) is 34.3 Å². The van der Waals surface area contributed by atoms with Gasteiger partial charge in [-0.2, -0.15) is 0 Å². The number of halogens is 1. The van der Waals surface area contributed by atoms with Crippen LogP contribution in [0.4, 0.5) is 5.82 Å². The first-order valence-corrected chi connectivity index (χ1v) is 13.8. The fourth-order valence-electron chi connectivity index (χ4n) is 6.73. The van der Waals surface area contributed by atoms with Crippen molar-refractivity contribution in [1.29, 1.82) is 0 Å². The van der Waals surface area contributed by atoms with Crippen molar-refractivity contribution >= 4 is 28.8 Å². The third kappa shape index (κ3) is 5.25. The molecular formula is C31H42ClN3O2. The highest BCUT2D eigenvalue weighted by Crippen LogP contribution is 2.53. The number of aliphatic hydroxyl groups excluding tert-OH is 1. The lowest BCUT2D eigenvalue weighted by molar-refractivity contribution is -0.0137. The Morgan fingerprint density at radius 1 is 1.08 bits per heavy atom. The quantitative estimate of drug-likeness (QED) is 0.390. The smallest absolute Gasteiger partial charge is 0.270 e. The molecule has 0 spiro atoms. The number of aromatic nitrogens is 2. The fourth-order valence-corrected chi connectivity index (χ4v) is 6.86. The van der Waals surface area contributed by atoms with Crippen molar-refractivity contribution in [3.05, 3.63) is 56.6 Å². The van der Waals surface area contributed by atoms with Gasteiger partial charge in [-0.05, 0) is 78.4 Å². The highest BCUT2D eigenvalue weighted by Gasteiger charge is 2.46. The Balaban J connectivity index is 2.00. The summed E-state index contributed by atoms with van der Waals surface area (Å²) in [5.41, 5.74) is 9.76. The second kappa shape index (κ2) is 9.65. The molecule has 0 amide bonds. The molecule has 2 aromatic heterocycles. The normalized spacial score (nSPS) is 23.9. The van der Waals surface area contributed by atoms with Crippen LogP contribution in [0.2, 0.25) is 5.02 Å². The number of aliphatic hydroxyl groups is 1. The lowest BCUT2D eigenvalue weighted by Crippen LogP contribution is -2.44. The van der Waals surface area contributed by atoms with Gasteiger partial charge in [0.05, 0.1) is 0 Å². The van der Waals surface area contributed by atoms with Crippen LogP contribution >= 0.6 is 11.6 Å². The van der Waals surface area contributed by atoms with Crippen molar-refractivity contribution in [3.8, 4) is 11.1 Å². The fraction of sp³-hybridized carbons (Fsp3) is 0.548. The topological polar surface area (TPSA) is 80.6 Å². The zero-order valence-corrected chi connectivity index (χ0v) is 24.3. The molecule has 200 valence electrons. The van der Waals surface area contributed by atoms with Crippen LogP contribution in [0.25, 0.3) is 22.5 Å². The van der Waals surface area contributed by atoms with E-state index in [4.69, 9.17) is 22.3 Å². The van der Waals surface area contributed by atoms with Crippen molar-refractivity contribution in [2.45, 2.75) is 74.7 Å². The van der Waals surface area contributed by atoms with E-state index in [2.05, 4.69) is 48.5 Å². The molecule has 0 saturated heterocycles. The molecule has 1 aliphatic carbocycles. The minimum Gasteiger partial charge on any atom is -0.512 e. The summed E-state index contributed by atoms with van der Waals surface area (Å²) in [5, 5.41) is 10.9. The van der Waals surface area contributed by atoms with Gasteiger partial charge in [0, 0.05) is 22.3 Å². The number of nitrogen functional groups attached to an aromatic ring is 1. The maximum Gasteiger partial charge on any atom is 0.270 e. The second-order valence-corrected chi connectivity index (χ2v) is 13.8. The van der Waals surface area contributed by atoms with E-state index >= 15 is 0 Å². The minimum atomic E-state index is -0.346. The first-order valence-electron chi connectivity index (χ1n) is 13.4. The molecule has 1 saturated carbocycles. The third-order valence-electron chi connectivity index (χ3n) is 8.52. The number of hydrogen-bond acceptors (Lipinski definition) is 4. The predicted octanol–water partition coefficient (Wildman–Crippen LogP) is 6.92. The average Bonchev–Trinajstić information content (AvgIpc) is 3.12. The van der Waals surface area contributed by atoms with Crippen molar-refractivity contribution in [2.75, 3.05) is 5.73 Å². The molecule has 1 fully saturated rings. The van der Waals surface area contributed by atoms with Crippen LogP contribution < -0.4 is 16.5 Å². The van der Waals surface area contributed by atoms with Gasteiger partial charge >= 0.3 is 0 Å². The molecule has 37 heavy (non-hydrogen) atoms. The number of nitrogens with zero attached hydrogens (tertiary/aromatic N) is 2. The Morgan fingerprint density at radius 2 is 1.62 bits per heavy atom. The van der Waals surface area contributed by atoms with Crippen LogP contribution in [0.15, 0.2) is 35.3 Å². The molecule has 0 aliphatic heterocycles. The van der Waals surface area contributed by atoms with Crippen LogP contribution in [0, 0.1) is 34.5 Å². The van der Waals surface area contributed by atoms with E-state index in [1.165, 1.54) is 19.8 Å². The molecule has 2 unspecified atom stereocenters. The van der Waals surface area contributed by atoms with Gasteiger partial charge in [0.25, 0.3) is 5.56 Å². The zero-order valence-electron chi connectivity index (χ0n) is 23.5. The van der Waals surface area contributed by atoms with Gasteiger partial charge in [-0.25, -0.2) is 4.98 Å². The summed E-state index contributed by atoms with van der Waals surface area (Å²) in [6, 6.07) is 7.73. The highest BCUT2D eigenvalue weighted by atomic mass is 35.5. The van der Waals surface area contributed by atoms with Crippen LogP contribution in [-0.2, 0) is 6.42 Å². The van der Waals surface area contributed by atoms with E-state index in [0.717, 1.165) is 23.1 Å². The summed E-state index contributed by atoms with van der Waals surface area (Å²) in [4.78, 5) is 18.2. The molecule has 1 aromatic carbocycles. The lowest BCUT2D eigenvalue weighted by atomic mass is 9.54. The molecule has 2 atom stereocenters. The predicted molar refractivity (Wildman–Crippen MR) is 155 cm³/mol. The number of anilines is 1. The molecule has 3 N–H and O–H groups in total. The Kier molecular flexibility index (Phi) is 7.17. The molecule has 3 aromatic rings. The SMILES string of the molecule is CC(O)=c1c(N)nc2c(CC3C(C(C)(C)C)CC(C)CC3C(C)(C)C)c(-c3ccc(Cl)cc3)cn2c1=O. The Hall–Kier alpha value is -2.53. The second-order valence-electron chi connectivity index (χ2n) is 13.4. The first-order chi connectivity index (χ1) is 17.1. The molecule has 0 radical (unpaired) electrons. The summed E-state index contributed by atoms with van der Waals surface area (Å²) < 4.78 is 1.56. The van der Waals surface area contributed by atoms with Gasteiger partial charge in [-0.3, -0.25) is 9.20 Å². The minimum absolute atomic E-state index is 0.0586. The van der Waals surface area contributed by atoms with Crippen molar-refractivity contribution in [2.24, 2.45) is 34.5 Å². The summed E-state index contributed by atoms with van der Waals surface area (Å²) in [7, 11) is 0. The molecular weight excluding hydrogens is 482 g/mol. The zero-order chi connectivity index (χ0) is 27.4. The van der Waals surface area contributed by atoms with E-state index in [9.17, 15) is 9.90 Å².